The van der Waals surface area contributed by atoms with E-state index >= 15 is 0 Å². The normalized spacial score (nSPS) is 11.2. The number of aromatic nitrogens is 5. The largest absolute Gasteiger partial charge is 0.382 e. The molecule has 3 heterocycles. The van der Waals surface area contributed by atoms with Gasteiger partial charge in [-0.3, -0.25) is 10.1 Å². The highest BCUT2D eigenvalue weighted by molar-refractivity contribution is 5.91. The van der Waals surface area contributed by atoms with Gasteiger partial charge in [0.05, 0.1) is 17.2 Å². The van der Waals surface area contributed by atoms with Crippen LogP contribution in [0.15, 0.2) is 30.5 Å². The molecular formula is C24H27N7O2. The van der Waals surface area contributed by atoms with Crippen molar-refractivity contribution >= 4 is 28.5 Å². The maximum absolute atomic E-state index is 12.9. The third-order valence-electron chi connectivity index (χ3n) is 5.71. The van der Waals surface area contributed by atoms with Gasteiger partial charge in [-0.1, -0.05) is 12.1 Å². The minimum absolute atomic E-state index is 0.117. The summed E-state index contributed by atoms with van der Waals surface area (Å²) >= 11 is 0. The van der Waals surface area contributed by atoms with E-state index in [1.165, 1.54) is 6.20 Å². The van der Waals surface area contributed by atoms with Crippen LogP contribution in [-0.4, -0.2) is 43.3 Å². The van der Waals surface area contributed by atoms with Crippen molar-refractivity contribution in [3.8, 4) is 6.07 Å². The molecule has 33 heavy (non-hydrogen) atoms. The molecule has 0 unspecified atom stereocenters. The van der Waals surface area contributed by atoms with Crippen LogP contribution in [-0.2, 0) is 22.5 Å². The van der Waals surface area contributed by atoms with Crippen molar-refractivity contribution in [3.05, 3.63) is 53.0 Å². The molecule has 4 rings (SSSR count). The van der Waals surface area contributed by atoms with E-state index in [9.17, 15) is 10.1 Å². The van der Waals surface area contributed by atoms with E-state index in [1.54, 1.807) is 4.52 Å². The predicted molar refractivity (Wildman–Crippen MR) is 125 cm³/mol. The monoisotopic (exact) mass is 445 g/mol. The number of imidazole rings is 1. The Morgan fingerprint density at radius 3 is 2.85 bits per heavy atom. The minimum atomic E-state index is -0.117. The van der Waals surface area contributed by atoms with Crippen molar-refractivity contribution in [1.29, 1.82) is 5.26 Å². The molecule has 9 nitrogen and oxygen atoms in total. The number of fused-ring (bicyclic) bond motifs is 2. The second-order valence-corrected chi connectivity index (χ2v) is 7.84. The Morgan fingerprint density at radius 1 is 1.24 bits per heavy atom. The molecule has 1 N–H and O–H groups in total. The summed E-state index contributed by atoms with van der Waals surface area (Å²) in [6.45, 7) is 7.85. The summed E-state index contributed by atoms with van der Waals surface area (Å²) in [5.41, 5.74) is 5.45. The average molecular weight is 446 g/mol. The van der Waals surface area contributed by atoms with Crippen LogP contribution in [0.2, 0.25) is 0 Å². The van der Waals surface area contributed by atoms with E-state index in [0.717, 1.165) is 34.4 Å². The first-order valence-corrected chi connectivity index (χ1v) is 11.1. The zero-order valence-corrected chi connectivity index (χ0v) is 19.1. The molecule has 0 saturated heterocycles. The molecule has 0 bridgehead atoms. The fourth-order valence-electron chi connectivity index (χ4n) is 4.04. The molecule has 0 aliphatic carbocycles. The molecule has 170 valence electrons. The lowest BCUT2D eigenvalue weighted by Gasteiger charge is -2.12. The molecule has 4 aromatic rings. The smallest absolute Gasteiger partial charge is 0.227 e. The number of amides is 1. The van der Waals surface area contributed by atoms with Crippen LogP contribution < -0.4 is 5.32 Å². The number of carbonyl (C=O) groups is 1. The molecule has 3 aromatic heterocycles. The number of anilines is 1. The first kappa shape index (κ1) is 22.4. The second kappa shape index (κ2) is 9.79. The van der Waals surface area contributed by atoms with Crippen molar-refractivity contribution in [2.24, 2.45) is 0 Å². The van der Waals surface area contributed by atoms with Gasteiger partial charge in [0.25, 0.3) is 0 Å². The number of nitrogens with zero attached hydrogens (tertiary/aromatic N) is 6. The fourth-order valence-corrected chi connectivity index (χ4v) is 4.04. The van der Waals surface area contributed by atoms with Gasteiger partial charge in [-0.25, -0.2) is 14.5 Å². The van der Waals surface area contributed by atoms with Gasteiger partial charge in [-0.15, -0.1) is 0 Å². The highest BCUT2D eigenvalue weighted by atomic mass is 16.5. The third-order valence-corrected chi connectivity index (χ3v) is 5.71. The first-order chi connectivity index (χ1) is 16.0. The van der Waals surface area contributed by atoms with Crippen molar-refractivity contribution in [3.63, 3.8) is 0 Å². The summed E-state index contributed by atoms with van der Waals surface area (Å²) in [6, 6.07) is 9.97. The Labute approximate surface area is 192 Å². The van der Waals surface area contributed by atoms with Crippen molar-refractivity contribution in [2.75, 3.05) is 18.5 Å². The molecular weight excluding hydrogens is 418 g/mol. The Kier molecular flexibility index (Phi) is 6.66. The average Bonchev–Trinajstić information content (AvgIpc) is 3.37. The van der Waals surface area contributed by atoms with Gasteiger partial charge in [0.15, 0.2) is 5.65 Å². The van der Waals surface area contributed by atoms with Gasteiger partial charge in [0, 0.05) is 37.6 Å². The molecule has 0 atom stereocenters. The summed E-state index contributed by atoms with van der Waals surface area (Å²) in [4.78, 5) is 22.0. The number of carbonyl (C=O) groups excluding carboxylic acids is 1. The van der Waals surface area contributed by atoms with Gasteiger partial charge < -0.3 is 9.30 Å². The van der Waals surface area contributed by atoms with Gasteiger partial charge in [0.1, 0.15) is 11.6 Å². The van der Waals surface area contributed by atoms with Crippen LogP contribution in [0, 0.1) is 25.2 Å². The number of hydrogen-bond donors (Lipinski definition) is 1. The summed E-state index contributed by atoms with van der Waals surface area (Å²) in [5.74, 6) is 0.430. The number of nitriles is 1. The van der Waals surface area contributed by atoms with Crippen LogP contribution in [0.5, 0.6) is 0 Å². The molecule has 0 radical (unpaired) electrons. The standard InChI is InChI=1S/C24H27N7O2/c1-4-33-13-7-12-30-21-9-6-5-8-20(21)28-24(30)29-22(32)11-10-19-16(2)27-23-18(14-25)15-26-31(23)17(19)3/h5-6,8-9,15H,4,7,10-13H2,1-3H3,(H,28,29,32). The van der Waals surface area contributed by atoms with Crippen molar-refractivity contribution in [2.45, 2.75) is 46.6 Å². The topological polar surface area (TPSA) is 110 Å². The van der Waals surface area contributed by atoms with Crippen LogP contribution in [0.25, 0.3) is 16.7 Å². The maximum atomic E-state index is 12.9. The van der Waals surface area contributed by atoms with Crippen LogP contribution in [0.1, 0.15) is 42.3 Å². The summed E-state index contributed by atoms with van der Waals surface area (Å²) < 4.78 is 9.16. The van der Waals surface area contributed by atoms with E-state index in [1.807, 2.05) is 49.6 Å². The minimum Gasteiger partial charge on any atom is -0.382 e. The SMILES string of the molecule is CCOCCCn1c(NC(=O)CCc2c(C)nc3c(C#N)cnn3c2C)nc2ccccc21. The zero-order chi connectivity index (χ0) is 23.4. The van der Waals surface area contributed by atoms with Crippen LogP contribution in [0.3, 0.4) is 0 Å². The lowest BCUT2D eigenvalue weighted by atomic mass is 10.1. The highest BCUT2D eigenvalue weighted by Crippen LogP contribution is 2.21. The molecule has 0 spiro atoms. The fraction of sp³-hybridized carbons (Fsp3) is 0.375. The Morgan fingerprint density at radius 2 is 2.06 bits per heavy atom. The van der Waals surface area contributed by atoms with Crippen molar-refractivity contribution < 1.29 is 9.53 Å². The lowest BCUT2D eigenvalue weighted by molar-refractivity contribution is -0.116. The van der Waals surface area contributed by atoms with E-state index in [4.69, 9.17) is 4.74 Å². The highest BCUT2D eigenvalue weighted by Gasteiger charge is 2.17. The van der Waals surface area contributed by atoms with Gasteiger partial charge in [-0.2, -0.15) is 10.4 Å². The van der Waals surface area contributed by atoms with E-state index in [-0.39, 0.29) is 12.3 Å². The number of benzene rings is 1. The first-order valence-electron chi connectivity index (χ1n) is 11.1. The quantitative estimate of drug-likeness (QED) is 0.395. The van der Waals surface area contributed by atoms with Crippen molar-refractivity contribution in [1.82, 2.24) is 24.1 Å². The molecule has 0 aliphatic heterocycles. The molecule has 0 fully saturated rings. The summed E-state index contributed by atoms with van der Waals surface area (Å²) in [5, 5.41) is 16.5. The Balaban J connectivity index is 1.50. The van der Waals surface area contributed by atoms with Crippen LogP contribution in [0.4, 0.5) is 5.95 Å². The number of rotatable bonds is 9. The Hall–Kier alpha value is -3.77. The van der Waals surface area contributed by atoms with Gasteiger partial charge in [-0.05, 0) is 51.3 Å². The number of hydrogen-bond acceptors (Lipinski definition) is 6. The Bertz CT molecular complexity index is 1350. The third kappa shape index (κ3) is 4.56. The molecule has 0 aliphatic rings. The number of ether oxygens (including phenoxy) is 1. The predicted octanol–water partition coefficient (Wildman–Crippen LogP) is 3.57. The maximum Gasteiger partial charge on any atom is 0.227 e. The van der Waals surface area contributed by atoms with Gasteiger partial charge in [0.2, 0.25) is 11.9 Å². The van der Waals surface area contributed by atoms with E-state index in [2.05, 4.69) is 26.5 Å². The van der Waals surface area contributed by atoms with Crippen LogP contribution >= 0.6 is 0 Å². The number of aryl methyl sites for hydroxylation is 3. The van der Waals surface area contributed by atoms with E-state index < -0.39 is 0 Å². The number of nitrogens with one attached hydrogen (secondary N) is 1. The van der Waals surface area contributed by atoms with E-state index in [0.29, 0.717) is 43.3 Å². The molecule has 1 aromatic carbocycles. The molecule has 9 heteroatoms. The zero-order valence-electron chi connectivity index (χ0n) is 19.1. The molecule has 1 amide bonds. The second-order valence-electron chi connectivity index (χ2n) is 7.84. The summed E-state index contributed by atoms with van der Waals surface area (Å²) in [6.07, 6.45) is 3.14. The summed E-state index contributed by atoms with van der Waals surface area (Å²) in [7, 11) is 0. The number of para-hydroxylation sites is 2. The lowest BCUT2D eigenvalue weighted by Crippen LogP contribution is -2.18. The van der Waals surface area contributed by atoms with Gasteiger partial charge >= 0.3 is 0 Å². The molecule has 0 saturated carbocycles.